The first-order chi connectivity index (χ1) is 31.8. The van der Waals surface area contributed by atoms with Gasteiger partial charge in [-0.2, -0.15) is 0 Å². The predicted molar refractivity (Wildman–Crippen MR) is 276 cm³/mol. The molecular weight excluding hydrogens is 805 g/mol. The van der Waals surface area contributed by atoms with Crippen LogP contribution in [0, 0.1) is 0 Å². The molecule has 0 radical (unpaired) electrons. The fourth-order valence-corrected chi connectivity index (χ4v) is 21.5. The number of fused-ring (bicyclic) bond motifs is 8. The van der Waals surface area contributed by atoms with Gasteiger partial charge < -0.3 is 9.13 Å². The molecule has 0 bridgehead atoms. The van der Waals surface area contributed by atoms with Crippen LogP contribution in [0.5, 0.6) is 0 Å². The van der Waals surface area contributed by atoms with Crippen LogP contribution in [0.2, 0.25) is 0 Å². The standard InChI is InChI=1S/C60H42N2Si2/c1-6-22-44(23-7-1)63(45-24-8-2-9-25-45,46-26-10-3-11-27-46)49-38-39-56-52(42-49)50-32-16-18-34-54(50)61(56)43-40-53-51-33-17-19-35-55(51)62-57-36-20-21-37-58(57)64(59(41-43)60(53)62,47-28-12-4-13-29-47)48-30-14-5-15-31-48/h1-42H. The Morgan fingerprint density at radius 3 is 1.33 bits per heavy atom. The van der Waals surface area contributed by atoms with E-state index in [1.165, 1.54) is 96.5 Å². The lowest BCUT2D eigenvalue weighted by Gasteiger charge is -2.40. The summed E-state index contributed by atoms with van der Waals surface area (Å²) < 4.78 is 5.12. The first-order valence-corrected chi connectivity index (χ1v) is 26.3. The lowest BCUT2D eigenvalue weighted by atomic mass is 10.1. The molecule has 0 spiro atoms. The Kier molecular flexibility index (Phi) is 8.29. The Morgan fingerprint density at radius 2 is 0.750 bits per heavy atom. The van der Waals surface area contributed by atoms with Crippen molar-refractivity contribution in [3.63, 3.8) is 0 Å². The molecule has 300 valence electrons. The van der Waals surface area contributed by atoms with E-state index in [0.29, 0.717) is 0 Å². The van der Waals surface area contributed by atoms with Crippen LogP contribution in [-0.2, 0) is 0 Å². The van der Waals surface area contributed by atoms with Crippen LogP contribution in [0.25, 0.3) is 55.0 Å². The average Bonchev–Trinajstić information content (AvgIpc) is 3.89. The number of hydrogen-bond acceptors (Lipinski definition) is 0. The second-order valence-corrected chi connectivity index (χ2v) is 24.7. The third kappa shape index (κ3) is 5.06. The molecule has 0 fully saturated rings. The van der Waals surface area contributed by atoms with Crippen molar-refractivity contribution in [1.29, 1.82) is 0 Å². The molecule has 2 nitrogen and oxygen atoms in total. The topological polar surface area (TPSA) is 9.86 Å². The van der Waals surface area contributed by atoms with Gasteiger partial charge in [0.05, 0.1) is 22.1 Å². The van der Waals surface area contributed by atoms with Crippen molar-refractivity contribution < 1.29 is 0 Å². The van der Waals surface area contributed by atoms with E-state index in [4.69, 9.17) is 0 Å². The summed E-state index contributed by atoms with van der Waals surface area (Å²) in [7, 11) is -5.70. The molecule has 0 aliphatic carbocycles. The Hall–Kier alpha value is -7.77. The molecule has 0 amide bonds. The van der Waals surface area contributed by atoms with Crippen LogP contribution < -0.4 is 41.5 Å². The number of aromatic nitrogens is 2. The molecule has 0 saturated heterocycles. The van der Waals surface area contributed by atoms with Crippen molar-refractivity contribution in [3.8, 4) is 11.4 Å². The van der Waals surface area contributed by atoms with Gasteiger partial charge in [-0.05, 0) is 77.9 Å². The number of hydrogen-bond donors (Lipinski definition) is 0. The molecule has 3 heterocycles. The van der Waals surface area contributed by atoms with Gasteiger partial charge in [0.2, 0.25) is 0 Å². The maximum Gasteiger partial charge on any atom is 0.184 e. The Labute approximate surface area is 374 Å². The molecule has 1 aliphatic heterocycles. The van der Waals surface area contributed by atoms with Crippen molar-refractivity contribution in [2.75, 3.05) is 0 Å². The molecule has 2 aromatic heterocycles. The molecular formula is C60H42N2Si2. The van der Waals surface area contributed by atoms with Gasteiger partial charge in [-0.25, -0.2) is 0 Å². The van der Waals surface area contributed by atoms with Gasteiger partial charge in [-0.1, -0.05) is 218 Å². The zero-order valence-electron chi connectivity index (χ0n) is 35.1. The SMILES string of the molecule is c1ccc([Si](c2ccccc2)(c2ccccc2)c2ccc3c(c2)c2ccccc2n3-c2cc3c4c(c2)c2ccccc2n4-c2ccccc2[Si]3(c2ccccc2)c2ccccc2)cc1. The Bertz CT molecular complexity index is 3570. The zero-order valence-corrected chi connectivity index (χ0v) is 37.1. The average molecular weight is 847 g/mol. The first-order valence-electron chi connectivity index (χ1n) is 22.3. The van der Waals surface area contributed by atoms with E-state index in [1.807, 2.05) is 0 Å². The quantitative estimate of drug-likeness (QED) is 0.112. The van der Waals surface area contributed by atoms with Crippen molar-refractivity contribution >= 4 is 101 Å². The van der Waals surface area contributed by atoms with E-state index in [-0.39, 0.29) is 0 Å². The van der Waals surface area contributed by atoms with Crippen molar-refractivity contribution in [1.82, 2.24) is 9.13 Å². The van der Waals surface area contributed by atoms with Gasteiger partial charge >= 0.3 is 0 Å². The maximum absolute atomic E-state index is 2.92. The van der Waals surface area contributed by atoms with Crippen molar-refractivity contribution in [2.24, 2.45) is 0 Å². The predicted octanol–water partition coefficient (Wildman–Crippen LogP) is 8.95. The lowest BCUT2D eigenvalue weighted by Crippen LogP contribution is -2.76. The lowest BCUT2D eigenvalue weighted by molar-refractivity contribution is 1.17. The van der Waals surface area contributed by atoms with Gasteiger partial charge in [-0.15, -0.1) is 0 Å². The summed E-state index contributed by atoms with van der Waals surface area (Å²) >= 11 is 0. The van der Waals surface area contributed by atoms with E-state index in [2.05, 4.69) is 264 Å². The monoisotopic (exact) mass is 846 g/mol. The number of rotatable bonds is 7. The maximum atomic E-state index is 2.58. The highest BCUT2D eigenvalue weighted by Gasteiger charge is 2.48. The highest BCUT2D eigenvalue weighted by Crippen LogP contribution is 2.39. The highest BCUT2D eigenvalue weighted by molar-refractivity contribution is 7.21. The van der Waals surface area contributed by atoms with Crippen molar-refractivity contribution in [3.05, 3.63) is 255 Å². The van der Waals surface area contributed by atoms with E-state index < -0.39 is 16.1 Å². The molecule has 13 rings (SSSR count). The minimum Gasteiger partial charge on any atom is -0.309 e. The summed E-state index contributed by atoms with van der Waals surface area (Å²) in [5, 5.41) is 16.2. The molecule has 0 unspecified atom stereocenters. The zero-order chi connectivity index (χ0) is 42.2. The second-order valence-electron chi connectivity index (χ2n) is 17.2. The Morgan fingerprint density at radius 1 is 0.297 bits per heavy atom. The van der Waals surface area contributed by atoms with Crippen LogP contribution in [-0.4, -0.2) is 25.3 Å². The van der Waals surface area contributed by atoms with Crippen LogP contribution in [0.1, 0.15) is 0 Å². The molecule has 0 atom stereocenters. The van der Waals surface area contributed by atoms with Crippen LogP contribution in [0.15, 0.2) is 255 Å². The molecule has 4 heteroatoms. The van der Waals surface area contributed by atoms with Crippen molar-refractivity contribution in [2.45, 2.75) is 0 Å². The molecule has 0 N–H and O–H groups in total. The third-order valence-electron chi connectivity index (χ3n) is 14.1. The minimum atomic E-state index is -2.92. The van der Waals surface area contributed by atoms with Gasteiger partial charge in [-0.3, -0.25) is 0 Å². The smallest absolute Gasteiger partial charge is 0.184 e. The fraction of sp³-hybridized carbons (Fsp3) is 0. The second kappa shape index (κ2) is 14.4. The molecule has 12 aromatic rings. The fourth-order valence-electron chi connectivity index (χ4n) is 11.6. The van der Waals surface area contributed by atoms with Crippen LogP contribution >= 0.6 is 0 Å². The number of para-hydroxylation sites is 3. The van der Waals surface area contributed by atoms with Gasteiger partial charge in [0.25, 0.3) is 0 Å². The van der Waals surface area contributed by atoms with E-state index in [0.717, 1.165) is 0 Å². The first kappa shape index (κ1) is 36.8. The molecule has 0 saturated carbocycles. The molecule has 1 aliphatic rings. The van der Waals surface area contributed by atoms with Gasteiger partial charge in [0.1, 0.15) is 0 Å². The summed E-state index contributed by atoms with van der Waals surface area (Å²) in [5.74, 6) is 0. The Balaban J connectivity index is 1.16. The summed E-state index contributed by atoms with van der Waals surface area (Å²) in [6.45, 7) is 0. The van der Waals surface area contributed by atoms with Crippen LogP contribution in [0.3, 0.4) is 0 Å². The van der Waals surface area contributed by atoms with Crippen LogP contribution in [0.4, 0.5) is 0 Å². The summed E-state index contributed by atoms with van der Waals surface area (Å²) in [6, 6.07) is 96.4. The summed E-state index contributed by atoms with van der Waals surface area (Å²) in [5.41, 5.74) is 7.43. The largest absolute Gasteiger partial charge is 0.309 e. The van der Waals surface area contributed by atoms with Gasteiger partial charge in [0, 0.05) is 32.9 Å². The summed E-state index contributed by atoms with van der Waals surface area (Å²) in [6.07, 6.45) is 0. The molecule has 64 heavy (non-hydrogen) atoms. The highest BCUT2D eigenvalue weighted by atomic mass is 28.3. The normalized spacial score (nSPS) is 13.1. The van der Waals surface area contributed by atoms with E-state index in [1.54, 1.807) is 0 Å². The summed E-state index contributed by atoms with van der Waals surface area (Å²) in [4.78, 5) is 0. The minimum absolute atomic E-state index is 1.19. The van der Waals surface area contributed by atoms with E-state index in [9.17, 15) is 0 Å². The molecule has 10 aromatic carbocycles. The van der Waals surface area contributed by atoms with E-state index >= 15 is 0 Å². The number of benzene rings is 10. The third-order valence-corrected chi connectivity index (χ3v) is 23.7. The number of nitrogens with zero attached hydrogens (tertiary/aromatic N) is 2. The van der Waals surface area contributed by atoms with Gasteiger partial charge in [0.15, 0.2) is 16.1 Å².